The SMILES string of the molecule is CNC[C@H](O)[C@@H](O)[C@H](O)CCO. The maximum absolute atomic E-state index is 9.20. The fourth-order valence-corrected chi connectivity index (χ4v) is 0.889. The van der Waals surface area contributed by atoms with Crippen molar-refractivity contribution in [2.45, 2.75) is 24.7 Å². The number of hydrogen-bond acceptors (Lipinski definition) is 5. The van der Waals surface area contributed by atoms with Crippen molar-refractivity contribution in [1.82, 2.24) is 5.32 Å². The summed E-state index contributed by atoms with van der Waals surface area (Å²) in [5.41, 5.74) is 0. The Hall–Kier alpha value is -0.200. The van der Waals surface area contributed by atoms with Crippen molar-refractivity contribution in [2.24, 2.45) is 0 Å². The van der Waals surface area contributed by atoms with Gasteiger partial charge in [-0.25, -0.2) is 0 Å². The monoisotopic (exact) mass is 179 g/mol. The Bertz CT molecular complexity index is 99.6. The van der Waals surface area contributed by atoms with E-state index in [1.165, 1.54) is 0 Å². The molecule has 0 aromatic rings. The van der Waals surface area contributed by atoms with Gasteiger partial charge in [-0.2, -0.15) is 0 Å². The van der Waals surface area contributed by atoms with Crippen LogP contribution in [0.3, 0.4) is 0 Å². The summed E-state index contributed by atoms with van der Waals surface area (Å²) >= 11 is 0. The molecule has 0 fully saturated rings. The molecule has 0 unspecified atom stereocenters. The van der Waals surface area contributed by atoms with E-state index in [4.69, 9.17) is 15.3 Å². The molecule has 0 spiro atoms. The maximum Gasteiger partial charge on any atom is 0.107 e. The highest BCUT2D eigenvalue weighted by Gasteiger charge is 2.23. The Balaban J connectivity index is 3.73. The van der Waals surface area contributed by atoms with Gasteiger partial charge in [0.15, 0.2) is 0 Å². The van der Waals surface area contributed by atoms with Crippen molar-refractivity contribution in [2.75, 3.05) is 20.2 Å². The highest BCUT2D eigenvalue weighted by molar-refractivity contribution is 4.75. The summed E-state index contributed by atoms with van der Waals surface area (Å²) in [5, 5.41) is 38.6. The van der Waals surface area contributed by atoms with Crippen molar-refractivity contribution in [3.05, 3.63) is 0 Å². The molecule has 0 aromatic heterocycles. The lowest BCUT2D eigenvalue weighted by atomic mass is 10.1. The molecular weight excluding hydrogens is 162 g/mol. The van der Waals surface area contributed by atoms with Crippen LogP contribution in [0, 0.1) is 0 Å². The first-order chi connectivity index (χ1) is 5.63. The van der Waals surface area contributed by atoms with Crippen LogP contribution in [0.25, 0.3) is 0 Å². The fraction of sp³-hybridized carbons (Fsp3) is 1.00. The lowest BCUT2D eigenvalue weighted by Crippen LogP contribution is -2.42. The molecule has 5 N–H and O–H groups in total. The molecule has 0 rings (SSSR count). The van der Waals surface area contributed by atoms with Crippen molar-refractivity contribution < 1.29 is 20.4 Å². The van der Waals surface area contributed by atoms with Gasteiger partial charge in [-0.15, -0.1) is 0 Å². The molecule has 5 nitrogen and oxygen atoms in total. The average Bonchev–Trinajstić information content (AvgIpc) is 2.04. The molecule has 5 heteroatoms. The Morgan fingerprint density at radius 1 is 1.17 bits per heavy atom. The molecule has 3 atom stereocenters. The van der Waals surface area contributed by atoms with Crippen LogP contribution >= 0.6 is 0 Å². The van der Waals surface area contributed by atoms with Gasteiger partial charge >= 0.3 is 0 Å². The molecule has 12 heavy (non-hydrogen) atoms. The Morgan fingerprint density at radius 2 is 1.75 bits per heavy atom. The van der Waals surface area contributed by atoms with Gasteiger partial charge in [0.25, 0.3) is 0 Å². The molecule has 0 amide bonds. The molecule has 0 aliphatic carbocycles. The summed E-state index contributed by atoms with van der Waals surface area (Å²) in [5.74, 6) is 0. The van der Waals surface area contributed by atoms with E-state index in [9.17, 15) is 5.11 Å². The van der Waals surface area contributed by atoms with E-state index < -0.39 is 18.3 Å². The summed E-state index contributed by atoms with van der Waals surface area (Å²) in [6, 6.07) is 0. The van der Waals surface area contributed by atoms with Crippen LogP contribution < -0.4 is 5.32 Å². The fourth-order valence-electron chi connectivity index (χ4n) is 0.889. The summed E-state index contributed by atoms with van der Waals surface area (Å²) in [6.45, 7) is 0.00809. The molecule has 0 saturated carbocycles. The third-order valence-electron chi connectivity index (χ3n) is 1.63. The molecular formula is C7H17NO4. The number of aliphatic hydroxyl groups is 4. The first-order valence-corrected chi connectivity index (χ1v) is 3.93. The van der Waals surface area contributed by atoms with Crippen molar-refractivity contribution in [3.8, 4) is 0 Å². The number of aliphatic hydroxyl groups excluding tert-OH is 4. The topological polar surface area (TPSA) is 93.0 Å². The van der Waals surface area contributed by atoms with Crippen molar-refractivity contribution in [3.63, 3.8) is 0 Å². The third kappa shape index (κ3) is 3.99. The van der Waals surface area contributed by atoms with Gasteiger partial charge in [0.05, 0.1) is 12.2 Å². The maximum atomic E-state index is 9.20. The van der Waals surface area contributed by atoms with Crippen LogP contribution in [0.2, 0.25) is 0 Å². The molecule has 0 aromatic carbocycles. The standard InChI is InChI=1S/C7H17NO4/c1-8-4-6(11)7(12)5(10)2-3-9/h5-12H,2-4H2,1H3/t5-,6+,7+/m1/s1. The lowest BCUT2D eigenvalue weighted by Gasteiger charge is -2.21. The van der Waals surface area contributed by atoms with Crippen LogP contribution in [-0.4, -0.2) is 58.9 Å². The van der Waals surface area contributed by atoms with Crippen LogP contribution in [0.1, 0.15) is 6.42 Å². The quantitative estimate of drug-likeness (QED) is 0.315. The Kier molecular flexibility index (Phi) is 6.23. The third-order valence-corrected chi connectivity index (χ3v) is 1.63. The zero-order chi connectivity index (χ0) is 9.56. The minimum atomic E-state index is -1.20. The minimum Gasteiger partial charge on any atom is -0.396 e. The summed E-state index contributed by atoms with van der Waals surface area (Å²) < 4.78 is 0. The second kappa shape index (κ2) is 6.33. The van der Waals surface area contributed by atoms with Gasteiger partial charge in [0, 0.05) is 13.2 Å². The molecule has 0 aliphatic rings. The number of hydrogen-bond donors (Lipinski definition) is 5. The predicted octanol–water partition coefficient (Wildman–Crippen LogP) is -2.33. The van der Waals surface area contributed by atoms with E-state index in [-0.39, 0.29) is 19.6 Å². The largest absolute Gasteiger partial charge is 0.396 e. The van der Waals surface area contributed by atoms with Crippen molar-refractivity contribution >= 4 is 0 Å². The minimum absolute atomic E-state index is 0.0714. The smallest absolute Gasteiger partial charge is 0.107 e. The van der Waals surface area contributed by atoms with Gasteiger partial charge < -0.3 is 25.7 Å². The normalized spacial score (nSPS) is 18.8. The molecule has 0 aliphatic heterocycles. The van der Waals surface area contributed by atoms with Gasteiger partial charge in [0.1, 0.15) is 6.10 Å². The van der Waals surface area contributed by atoms with E-state index >= 15 is 0 Å². The van der Waals surface area contributed by atoms with E-state index in [0.717, 1.165) is 0 Å². The van der Waals surface area contributed by atoms with Gasteiger partial charge in [0.2, 0.25) is 0 Å². The van der Waals surface area contributed by atoms with Gasteiger partial charge in [-0.3, -0.25) is 0 Å². The summed E-state index contributed by atoms with van der Waals surface area (Å²) in [6.07, 6.45) is -3.21. The first kappa shape index (κ1) is 11.8. The van der Waals surface area contributed by atoms with Crippen LogP contribution in [0.4, 0.5) is 0 Å². The van der Waals surface area contributed by atoms with E-state index in [1.807, 2.05) is 0 Å². The second-order valence-corrected chi connectivity index (χ2v) is 2.70. The molecule has 0 radical (unpaired) electrons. The van der Waals surface area contributed by atoms with Crippen LogP contribution in [0.15, 0.2) is 0 Å². The van der Waals surface area contributed by atoms with E-state index in [2.05, 4.69) is 5.32 Å². The predicted molar refractivity (Wildman–Crippen MR) is 43.6 cm³/mol. The molecule has 0 saturated heterocycles. The lowest BCUT2D eigenvalue weighted by molar-refractivity contribution is -0.0638. The molecule has 0 heterocycles. The van der Waals surface area contributed by atoms with Crippen LogP contribution in [0.5, 0.6) is 0 Å². The average molecular weight is 179 g/mol. The Labute approximate surface area is 71.7 Å². The van der Waals surface area contributed by atoms with E-state index in [1.54, 1.807) is 7.05 Å². The first-order valence-electron chi connectivity index (χ1n) is 3.93. The second-order valence-electron chi connectivity index (χ2n) is 2.70. The summed E-state index contributed by atoms with van der Waals surface area (Å²) in [4.78, 5) is 0. The number of nitrogens with one attached hydrogen (secondary N) is 1. The van der Waals surface area contributed by atoms with Crippen molar-refractivity contribution in [1.29, 1.82) is 0 Å². The molecule has 74 valence electrons. The highest BCUT2D eigenvalue weighted by atomic mass is 16.4. The summed E-state index contributed by atoms with van der Waals surface area (Å²) in [7, 11) is 1.63. The van der Waals surface area contributed by atoms with Gasteiger partial charge in [-0.05, 0) is 13.5 Å². The molecule has 0 bridgehead atoms. The van der Waals surface area contributed by atoms with E-state index in [0.29, 0.717) is 0 Å². The van der Waals surface area contributed by atoms with Gasteiger partial charge in [-0.1, -0.05) is 0 Å². The Morgan fingerprint density at radius 3 is 2.17 bits per heavy atom. The zero-order valence-corrected chi connectivity index (χ0v) is 7.14. The number of rotatable bonds is 6. The van der Waals surface area contributed by atoms with Crippen LogP contribution in [-0.2, 0) is 0 Å². The zero-order valence-electron chi connectivity index (χ0n) is 7.14. The number of likely N-dealkylation sites (N-methyl/N-ethyl adjacent to an activating group) is 1. The highest BCUT2D eigenvalue weighted by Crippen LogP contribution is 2.02.